The first kappa shape index (κ1) is 10.2. The van der Waals surface area contributed by atoms with Crippen molar-refractivity contribution in [2.45, 2.75) is 6.43 Å². The quantitative estimate of drug-likeness (QED) is 0.667. The molecule has 0 radical (unpaired) electrons. The molecule has 4 N–H and O–H groups in total. The van der Waals surface area contributed by atoms with Gasteiger partial charge in [0, 0.05) is 0 Å². The van der Waals surface area contributed by atoms with Crippen LogP contribution in [-0.2, 0) is 0 Å². The van der Waals surface area contributed by atoms with Crippen LogP contribution in [0.2, 0.25) is 0 Å². The summed E-state index contributed by atoms with van der Waals surface area (Å²) in [6.45, 7) is 0. The fraction of sp³-hybridized carbons (Fsp3) is 0.143. The number of rotatable bonds is 2. The molecule has 0 aliphatic heterocycles. The number of halogens is 2. The van der Waals surface area contributed by atoms with Gasteiger partial charge in [-0.2, -0.15) is 0 Å². The molecule has 1 rings (SSSR count). The number of carbonyl (C=O) groups is 1. The summed E-state index contributed by atoms with van der Waals surface area (Å²) in [5.74, 6) is -2.97. The van der Waals surface area contributed by atoms with Crippen LogP contribution in [0.25, 0.3) is 0 Å². The van der Waals surface area contributed by atoms with Gasteiger partial charge in [0.1, 0.15) is 11.3 Å². The standard InChI is InChI=1S/C7H6F2N2O3/c8-5(9)3-1-2(7(13)14)4(12)6(10)11-3/h1,5,12H,(H2,10,11)(H,13,14). The highest BCUT2D eigenvalue weighted by Gasteiger charge is 2.19. The predicted molar refractivity (Wildman–Crippen MR) is 42.2 cm³/mol. The van der Waals surface area contributed by atoms with Gasteiger partial charge in [0.15, 0.2) is 11.6 Å². The average Bonchev–Trinajstić information content (AvgIpc) is 2.08. The van der Waals surface area contributed by atoms with Crippen molar-refractivity contribution in [3.63, 3.8) is 0 Å². The smallest absolute Gasteiger partial charge is 0.339 e. The molecule has 0 aliphatic rings. The molecule has 76 valence electrons. The fourth-order valence-corrected chi connectivity index (χ4v) is 0.853. The molecular formula is C7H6F2N2O3. The molecule has 0 amide bonds. The van der Waals surface area contributed by atoms with Gasteiger partial charge in [-0.1, -0.05) is 0 Å². The van der Waals surface area contributed by atoms with Gasteiger partial charge in [-0.15, -0.1) is 0 Å². The lowest BCUT2D eigenvalue weighted by Gasteiger charge is -2.05. The molecule has 0 saturated carbocycles. The van der Waals surface area contributed by atoms with Crippen LogP contribution in [0.15, 0.2) is 6.07 Å². The van der Waals surface area contributed by atoms with Crippen LogP contribution >= 0.6 is 0 Å². The van der Waals surface area contributed by atoms with Crippen LogP contribution in [-0.4, -0.2) is 21.2 Å². The van der Waals surface area contributed by atoms with Crippen molar-refractivity contribution in [1.82, 2.24) is 4.98 Å². The normalized spacial score (nSPS) is 10.5. The Kier molecular flexibility index (Phi) is 2.50. The van der Waals surface area contributed by atoms with E-state index in [9.17, 15) is 13.6 Å². The number of hydrogen-bond donors (Lipinski definition) is 3. The van der Waals surface area contributed by atoms with E-state index in [0.717, 1.165) is 0 Å². The van der Waals surface area contributed by atoms with Crippen molar-refractivity contribution >= 4 is 11.8 Å². The molecule has 5 nitrogen and oxygen atoms in total. The Balaban J connectivity index is 3.35. The number of aromatic nitrogens is 1. The van der Waals surface area contributed by atoms with Crippen molar-refractivity contribution in [3.8, 4) is 5.75 Å². The second-order valence-corrected chi connectivity index (χ2v) is 2.43. The molecule has 1 aromatic heterocycles. The zero-order chi connectivity index (χ0) is 10.9. The summed E-state index contributed by atoms with van der Waals surface area (Å²) in [7, 11) is 0. The number of carboxylic acid groups (broad SMARTS) is 1. The molecule has 1 heterocycles. The van der Waals surface area contributed by atoms with Gasteiger partial charge in [0.25, 0.3) is 6.43 Å². The van der Waals surface area contributed by atoms with Gasteiger partial charge >= 0.3 is 5.97 Å². The Morgan fingerprint density at radius 2 is 2.14 bits per heavy atom. The SMILES string of the molecule is Nc1nc(C(F)F)cc(C(=O)O)c1O. The Hall–Kier alpha value is -1.92. The first-order chi connectivity index (χ1) is 6.43. The molecule has 0 aromatic carbocycles. The highest BCUT2D eigenvalue weighted by Crippen LogP contribution is 2.27. The molecule has 0 aliphatic carbocycles. The predicted octanol–water partition coefficient (Wildman–Crippen LogP) is 1.01. The highest BCUT2D eigenvalue weighted by molar-refractivity contribution is 5.92. The number of nitrogens with two attached hydrogens (primary N) is 1. The number of aromatic carboxylic acids is 1. The van der Waals surface area contributed by atoms with Gasteiger partial charge in [0.05, 0.1) is 0 Å². The van der Waals surface area contributed by atoms with Gasteiger partial charge in [-0.05, 0) is 6.07 Å². The number of anilines is 1. The van der Waals surface area contributed by atoms with Crippen LogP contribution in [0.3, 0.4) is 0 Å². The Morgan fingerprint density at radius 3 is 2.57 bits per heavy atom. The Labute approximate surface area is 76.8 Å². The Bertz CT molecular complexity index is 381. The van der Waals surface area contributed by atoms with E-state index in [4.69, 9.17) is 15.9 Å². The van der Waals surface area contributed by atoms with Crippen LogP contribution in [0, 0.1) is 0 Å². The Morgan fingerprint density at radius 1 is 1.57 bits per heavy atom. The second kappa shape index (κ2) is 3.44. The molecular weight excluding hydrogens is 198 g/mol. The lowest BCUT2D eigenvalue weighted by atomic mass is 10.2. The second-order valence-electron chi connectivity index (χ2n) is 2.43. The van der Waals surface area contributed by atoms with Crippen LogP contribution in [0.1, 0.15) is 22.5 Å². The lowest BCUT2D eigenvalue weighted by molar-refractivity contribution is 0.0693. The number of nitrogen functional groups attached to an aromatic ring is 1. The topological polar surface area (TPSA) is 96.4 Å². The minimum absolute atomic E-state index is 0.582. The maximum atomic E-state index is 12.1. The van der Waals surface area contributed by atoms with Crippen molar-refractivity contribution in [3.05, 3.63) is 17.3 Å². The summed E-state index contributed by atoms with van der Waals surface area (Å²) in [6, 6.07) is 0.582. The molecule has 0 atom stereocenters. The third-order valence-electron chi connectivity index (χ3n) is 1.49. The van der Waals surface area contributed by atoms with E-state index in [1.807, 2.05) is 0 Å². The van der Waals surface area contributed by atoms with Crippen LogP contribution in [0.4, 0.5) is 14.6 Å². The summed E-state index contributed by atoms with van der Waals surface area (Å²) < 4.78 is 24.3. The van der Waals surface area contributed by atoms with Crippen molar-refractivity contribution < 1.29 is 23.8 Å². The van der Waals surface area contributed by atoms with E-state index in [-0.39, 0.29) is 0 Å². The minimum atomic E-state index is -2.93. The molecule has 14 heavy (non-hydrogen) atoms. The molecule has 0 unspecified atom stereocenters. The number of pyridine rings is 1. The number of carboxylic acids is 1. The van der Waals surface area contributed by atoms with E-state index in [1.54, 1.807) is 0 Å². The van der Waals surface area contributed by atoms with E-state index >= 15 is 0 Å². The molecule has 0 bridgehead atoms. The zero-order valence-electron chi connectivity index (χ0n) is 6.74. The number of nitrogens with zero attached hydrogens (tertiary/aromatic N) is 1. The van der Waals surface area contributed by atoms with E-state index < -0.39 is 35.2 Å². The molecule has 7 heteroatoms. The molecule has 1 aromatic rings. The first-order valence-electron chi connectivity index (χ1n) is 3.44. The number of alkyl halides is 2. The summed E-state index contributed by atoms with van der Waals surface area (Å²) >= 11 is 0. The van der Waals surface area contributed by atoms with Gasteiger partial charge < -0.3 is 15.9 Å². The maximum absolute atomic E-state index is 12.1. The van der Waals surface area contributed by atoms with Crippen molar-refractivity contribution in [2.24, 2.45) is 0 Å². The maximum Gasteiger partial charge on any atom is 0.339 e. The third kappa shape index (κ3) is 1.70. The van der Waals surface area contributed by atoms with Gasteiger partial charge in [-0.3, -0.25) is 0 Å². The van der Waals surface area contributed by atoms with Crippen LogP contribution < -0.4 is 5.73 Å². The van der Waals surface area contributed by atoms with Crippen molar-refractivity contribution in [1.29, 1.82) is 0 Å². The monoisotopic (exact) mass is 204 g/mol. The van der Waals surface area contributed by atoms with Gasteiger partial charge in [-0.25, -0.2) is 18.6 Å². The summed E-state index contributed by atoms with van der Waals surface area (Å²) in [6.07, 6.45) is -2.93. The molecule has 0 fully saturated rings. The summed E-state index contributed by atoms with van der Waals surface area (Å²) in [5, 5.41) is 17.6. The lowest BCUT2D eigenvalue weighted by Crippen LogP contribution is -2.04. The third-order valence-corrected chi connectivity index (χ3v) is 1.49. The largest absolute Gasteiger partial charge is 0.504 e. The highest BCUT2D eigenvalue weighted by atomic mass is 19.3. The molecule has 0 spiro atoms. The van der Waals surface area contributed by atoms with E-state index in [1.165, 1.54) is 0 Å². The number of hydrogen-bond acceptors (Lipinski definition) is 4. The van der Waals surface area contributed by atoms with E-state index in [0.29, 0.717) is 6.07 Å². The number of aromatic hydroxyl groups is 1. The van der Waals surface area contributed by atoms with Crippen LogP contribution in [0.5, 0.6) is 5.75 Å². The minimum Gasteiger partial charge on any atom is -0.504 e. The zero-order valence-corrected chi connectivity index (χ0v) is 6.74. The van der Waals surface area contributed by atoms with E-state index in [2.05, 4.69) is 4.98 Å². The van der Waals surface area contributed by atoms with Gasteiger partial charge in [0.2, 0.25) is 0 Å². The van der Waals surface area contributed by atoms with Crippen molar-refractivity contribution in [2.75, 3.05) is 5.73 Å². The summed E-state index contributed by atoms with van der Waals surface area (Å²) in [4.78, 5) is 13.6. The summed E-state index contributed by atoms with van der Waals surface area (Å²) in [5.41, 5.74) is 3.57. The average molecular weight is 204 g/mol. The molecule has 0 saturated heterocycles. The first-order valence-corrected chi connectivity index (χ1v) is 3.44. The fourth-order valence-electron chi connectivity index (χ4n) is 0.853.